The zero-order valence-electron chi connectivity index (χ0n) is 12.3. The van der Waals surface area contributed by atoms with Crippen molar-refractivity contribution >= 4 is 15.9 Å². The molecule has 0 radical (unpaired) electrons. The van der Waals surface area contributed by atoms with E-state index in [0.717, 1.165) is 21.3 Å². The standard InChI is InChI=1S/C17H20BrNO2/c1-12-11-13(7-8-15(12)18)17(19)14-5-3-4-6-16(14)21-10-9-20-2/h3-8,11,17H,9-10,19H2,1-2H3. The number of nitrogens with two attached hydrogens (primary N) is 1. The Labute approximate surface area is 134 Å². The third-order valence-corrected chi connectivity index (χ3v) is 4.23. The molecule has 0 fully saturated rings. The van der Waals surface area contributed by atoms with Crippen molar-refractivity contribution in [2.24, 2.45) is 5.73 Å². The van der Waals surface area contributed by atoms with Crippen LogP contribution in [0.3, 0.4) is 0 Å². The quantitative estimate of drug-likeness (QED) is 0.806. The maximum absolute atomic E-state index is 6.41. The second kappa shape index (κ2) is 7.59. The van der Waals surface area contributed by atoms with Crippen LogP contribution in [0.15, 0.2) is 46.9 Å². The largest absolute Gasteiger partial charge is 0.491 e. The minimum Gasteiger partial charge on any atom is -0.491 e. The van der Waals surface area contributed by atoms with Gasteiger partial charge in [-0.2, -0.15) is 0 Å². The molecular formula is C17H20BrNO2. The minimum absolute atomic E-state index is 0.212. The van der Waals surface area contributed by atoms with Crippen molar-refractivity contribution in [1.82, 2.24) is 0 Å². The molecule has 1 atom stereocenters. The Morgan fingerprint density at radius 1 is 1.14 bits per heavy atom. The van der Waals surface area contributed by atoms with Crippen LogP contribution in [0.5, 0.6) is 5.75 Å². The molecule has 112 valence electrons. The fraction of sp³-hybridized carbons (Fsp3) is 0.294. The Morgan fingerprint density at radius 2 is 1.90 bits per heavy atom. The van der Waals surface area contributed by atoms with Gasteiger partial charge in [0.05, 0.1) is 12.6 Å². The summed E-state index contributed by atoms with van der Waals surface area (Å²) in [7, 11) is 1.66. The molecule has 3 nitrogen and oxygen atoms in total. The van der Waals surface area contributed by atoms with Gasteiger partial charge in [-0.3, -0.25) is 0 Å². The van der Waals surface area contributed by atoms with Gasteiger partial charge in [0.15, 0.2) is 0 Å². The van der Waals surface area contributed by atoms with Gasteiger partial charge in [-0.15, -0.1) is 0 Å². The lowest BCUT2D eigenvalue weighted by Gasteiger charge is -2.18. The molecule has 0 bridgehead atoms. The Balaban J connectivity index is 2.25. The van der Waals surface area contributed by atoms with E-state index < -0.39 is 0 Å². The van der Waals surface area contributed by atoms with Crippen LogP contribution >= 0.6 is 15.9 Å². The molecule has 0 heterocycles. The highest BCUT2D eigenvalue weighted by Crippen LogP contribution is 2.30. The highest BCUT2D eigenvalue weighted by Gasteiger charge is 2.14. The third-order valence-electron chi connectivity index (χ3n) is 3.34. The summed E-state index contributed by atoms with van der Waals surface area (Å²) in [6, 6.07) is 13.8. The summed E-state index contributed by atoms with van der Waals surface area (Å²) in [5.74, 6) is 0.808. The topological polar surface area (TPSA) is 44.5 Å². The number of methoxy groups -OCH3 is 1. The Morgan fingerprint density at radius 3 is 2.62 bits per heavy atom. The SMILES string of the molecule is COCCOc1ccccc1C(N)c1ccc(Br)c(C)c1. The van der Waals surface area contributed by atoms with E-state index >= 15 is 0 Å². The highest BCUT2D eigenvalue weighted by atomic mass is 79.9. The molecule has 2 N–H and O–H groups in total. The predicted molar refractivity (Wildman–Crippen MR) is 88.7 cm³/mol. The van der Waals surface area contributed by atoms with Gasteiger partial charge in [-0.05, 0) is 30.2 Å². The molecule has 0 aliphatic carbocycles. The van der Waals surface area contributed by atoms with Crippen LogP contribution in [0.25, 0.3) is 0 Å². The summed E-state index contributed by atoms with van der Waals surface area (Å²) in [6.07, 6.45) is 0. The second-order valence-corrected chi connectivity index (χ2v) is 5.72. The Hall–Kier alpha value is -1.36. The average molecular weight is 350 g/mol. The lowest BCUT2D eigenvalue weighted by molar-refractivity contribution is 0.145. The van der Waals surface area contributed by atoms with Gasteiger partial charge in [0, 0.05) is 17.1 Å². The van der Waals surface area contributed by atoms with E-state index in [9.17, 15) is 0 Å². The molecule has 0 aromatic heterocycles. The molecule has 2 rings (SSSR count). The fourth-order valence-corrected chi connectivity index (χ4v) is 2.39. The van der Waals surface area contributed by atoms with Crippen LogP contribution in [0, 0.1) is 6.92 Å². The van der Waals surface area contributed by atoms with Crippen LogP contribution in [0.1, 0.15) is 22.7 Å². The van der Waals surface area contributed by atoms with E-state index in [1.807, 2.05) is 36.4 Å². The summed E-state index contributed by atoms with van der Waals surface area (Å²) >= 11 is 3.51. The van der Waals surface area contributed by atoms with E-state index in [-0.39, 0.29) is 6.04 Å². The van der Waals surface area contributed by atoms with Crippen LogP contribution < -0.4 is 10.5 Å². The van der Waals surface area contributed by atoms with Crippen LogP contribution in [0.2, 0.25) is 0 Å². The number of hydrogen-bond donors (Lipinski definition) is 1. The summed E-state index contributed by atoms with van der Waals surface area (Å²) in [6.45, 7) is 3.13. The zero-order chi connectivity index (χ0) is 15.2. The maximum Gasteiger partial charge on any atom is 0.124 e. The zero-order valence-corrected chi connectivity index (χ0v) is 13.9. The van der Waals surface area contributed by atoms with Crippen molar-refractivity contribution in [3.8, 4) is 5.75 Å². The molecule has 0 spiro atoms. The van der Waals surface area contributed by atoms with E-state index in [0.29, 0.717) is 13.2 Å². The van der Waals surface area contributed by atoms with Gasteiger partial charge < -0.3 is 15.2 Å². The summed E-state index contributed by atoms with van der Waals surface area (Å²) in [5.41, 5.74) is 9.63. The van der Waals surface area contributed by atoms with Crippen molar-refractivity contribution in [3.63, 3.8) is 0 Å². The first-order valence-electron chi connectivity index (χ1n) is 6.85. The Kier molecular flexibility index (Phi) is 5.79. The van der Waals surface area contributed by atoms with Crippen molar-refractivity contribution in [1.29, 1.82) is 0 Å². The normalized spacial score (nSPS) is 12.2. The number of halogens is 1. The van der Waals surface area contributed by atoms with E-state index in [4.69, 9.17) is 15.2 Å². The van der Waals surface area contributed by atoms with Gasteiger partial charge in [0.1, 0.15) is 12.4 Å². The molecule has 4 heteroatoms. The fourth-order valence-electron chi connectivity index (χ4n) is 2.14. The second-order valence-electron chi connectivity index (χ2n) is 4.87. The van der Waals surface area contributed by atoms with Gasteiger partial charge in [0.25, 0.3) is 0 Å². The lowest BCUT2D eigenvalue weighted by Crippen LogP contribution is -2.15. The molecule has 0 aliphatic heterocycles. The van der Waals surface area contributed by atoms with Crippen molar-refractivity contribution in [2.45, 2.75) is 13.0 Å². The third kappa shape index (κ3) is 4.06. The van der Waals surface area contributed by atoms with Gasteiger partial charge in [-0.25, -0.2) is 0 Å². The molecule has 0 saturated heterocycles. The first-order valence-corrected chi connectivity index (χ1v) is 7.65. The molecule has 21 heavy (non-hydrogen) atoms. The smallest absolute Gasteiger partial charge is 0.124 e. The molecule has 2 aromatic rings. The van der Waals surface area contributed by atoms with Crippen LogP contribution in [-0.4, -0.2) is 20.3 Å². The van der Waals surface area contributed by atoms with E-state index in [1.54, 1.807) is 7.11 Å². The summed E-state index contributed by atoms with van der Waals surface area (Å²) < 4.78 is 11.9. The minimum atomic E-state index is -0.212. The number of hydrogen-bond acceptors (Lipinski definition) is 3. The lowest BCUT2D eigenvalue weighted by atomic mass is 9.97. The Bertz CT molecular complexity index is 601. The molecular weight excluding hydrogens is 330 g/mol. The maximum atomic E-state index is 6.41. The number of aryl methyl sites for hydroxylation is 1. The van der Waals surface area contributed by atoms with E-state index in [1.165, 1.54) is 5.56 Å². The number of ether oxygens (including phenoxy) is 2. The van der Waals surface area contributed by atoms with Crippen molar-refractivity contribution < 1.29 is 9.47 Å². The molecule has 0 aliphatic rings. The number of benzene rings is 2. The van der Waals surface area contributed by atoms with E-state index in [2.05, 4.69) is 28.9 Å². The number of para-hydroxylation sites is 1. The summed E-state index contributed by atoms with van der Waals surface area (Å²) in [4.78, 5) is 0. The molecule has 1 unspecified atom stereocenters. The van der Waals surface area contributed by atoms with Gasteiger partial charge in [-0.1, -0.05) is 46.3 Å². The number of rotatable bonds is 6. The predicted octanol–water partition coefficient (Wildman–Crippen LogP) is 3.83. The first-order chi connectivity index (χ1) is 10.1. The van der Waals surface area contributed by atoms with Gasteiger partial charge in [0.2, 0.25) is 0 Å². The average Bonchev–Trinajstić information content (AvgIpc) is 2.50. The van der Waals surface area contributed by atoms with Crippen LogP contribution in [-0.2, 0) is 4.74 Å². The first kappa shape index (κ1) is 16.0. The van der Waals surface area contributed by atoms with Gasteiger partial charge >= 0.3 is 0 Å². The highest BCUT2D eigenvalue weighted by molar-refractivity contribution is 9.10. The molecule has 0 amide bonds. The van der Waals surface area contributed by atoms with Crippen LogP contribution in [0.4, 0.5) is 0 Å². The van der Waals surface area contributed by atoms with Crippen molar-refractivity contribution in [3.05, 3.63) is 63.6 Å². The molecule has 0 saturated carbocycles. The molecule has 2 aromatic carbocycles. The summed E-state index contributed by atoms with van der Waals surface area (Å²) in [5, 5.41) is 0. The monoisotopic (exact) mass is 349 g/mol. The van der Waals surface area contributed by atoms with Crippen molar-refractivity contribution in [2.75, 3.05) is 20.3 Å².